The molecule has 7 nitrogen and oxygen atoms in total. The van der Waals surface area contributed by atoms with Gasteiger partial charge in [0, 0.05) is 30.9 Å². The van der Waals surface area contributed by atoms with Crippen LogP contribution >= 0.6 is 0 Å². The van der Waals surface area contributed by atoms with Gasteiger partial charge in [-0.2, -0.15) is 0 Å². The number of ether oxygens (including phenoxy) is 1. The Balaban J connectivity index is 2.82. The van der Waals surface area contributed by atoms with Crippen molar-refractivity contribution in [3.63, 3.8) is 0 Å². The number of nitrogens with one attached hydrogen (secondary N) is 1. The molecule has 1 aromatic rings. The third-order valence-corrected chi connectivity index (χ3v) is 2.97. The van der Waals surface area contributed by atoms with E-state index in [1.807, 2.05) is 13.8 Å². The van der Waals surface area contributed by atoms with Gasteiger partial charge in [0.1, 0.15) is 5.75 Å². The summed E-state index contributed by atoms with van der Waals surface area (Å²) in [6, 6.07) is 4.39. The van der Waals surface area contributed by atoms with Gasteiger partial charge in [-0.3, -0.25) is 14.9 Å². The van der Waals surface area contributed by atoms with Crippen LogP contribution in [0.3, 0.4) is 0 Å². The van der Waals surface area contributed by atoms with E-state index < -0.39 is 4.92 Å². The van der Waals surface area contributed by atoms with Crippen molar-refractivity contribution in [2.45, 2.75) is 20.8 Å². The zero-order valence-electron chi connectivity index (χ0n) is 12.6. The Labute approximate surface area is 124 Å². The van der Waals surface area contributed by atoms with Crippen LogP contribution in [-0.2, 0) is 4.79 Å². The number of hydrogen-bond acceptors (Lipinski definition) is 5. The highest BCUT2D eigenvalue weighted by molar-refractivity contribution is 5.81. The van der Waals surface area contributed by atoms with Crippen molar-refractivity contribution >= 4 is 17.3 Å². The van der Waals surface area contributed by atoms with E-state index >= 15 is 0 Å². The van der Waals surface area contributed by atoms with Crippen LogP contribution in [0.25, 0.3) is 0 Å². The molecule has 0 bridgehead atoms. The van der Waals surface area contributed by atoms with Gasteiger partial charge >= 0.3 is 0 Å². The molecule has 0 heterocycles. The van der Waals surface area contributed by atoms with E-state index in [-0.39, 0.29) is 18.1 Å². The van der Waals surface area contributed by atoms with E-state index in [0.29, 0.717) is 31.1 Å². The number of likely N-dealkylation sites (N-methyl/N-ethyl adjacent to an activating group) is 1. The van der Waals surface area contributed by atoms with Gasteiger partial charge in [-0.15, -0.1) is 0 Å². The summed E-state index contributed by atoms with van der Waals surface area (Å²) in [5.74, 6) is 0.356. The summed E-state index contributed by atoms with van der Waals surface area (Å²) in [5.41, 5.74) is 0.423. The lowest BCUT2D eigenvalue weighted by Crippen LogP contribution is -2.35. The highest BCUT2D eigenvalue weighted by atomic mass is 16.6. The smallest absolute Gasteiger partial charge is 0.275 e. The predicted molar refractivity (Wildman–Crippen MR) is 80.7 cm³/mol. The summed E-state index contributed by atoms with van der Waals surface area (Å²) in [6.07, 6.45) is 0. The summed E-state index contributed by atoms with van der Waals surface area (Å²) in [7, 11) is 0. The largest absolute Gasteiger partial charge is 0.494 e. The first kappa shape index (κ1) is 16.7. The van der Waals surface area contributed by atoms with Gasteiger partial charge in [0.25, 0.3) is 5.69 Å². The minimum atomic E-state index is -0.486. The zero-order chi connectivity index (χ0) is 15.8. The molecule has 0 saturated heterocycles. The molecule has 0 radical (unpaired) electrons. The molecule has 0 saturated carbocycles. The van der Waals surface area contributed by atoms with Crippen molar-refractivity contribution in [2.24, 2.45) is 0 Å². The Morgan fingerprint density at radius 3 is 2.48 bits per heavy atom. The molecule has 1 N–H and O–H groups in total. The number of anilines is 1. The number of carbonyl (C=O) groups is 1. The molecule has 0 spiro atoms. The normalized spacial score (nSPS) is 10.0. The van der Waals surface area contributed by atoms with E-state index in [9.17, 15) is 14.9 Å². The second kappa shape index (κ2) is 8.08. The van der Waals surface area contributed by atoms with E-state index in [2.05, 4.69) is 5.32 Å². The topological polar surface area (TPSA) is 84.7 Å². The van der Waals surface area contributed by atoms with Gasteiger partial charge in [0.05, 0.1) is 24.1 Å². The average Bonchev–Trinajstić information content (AvgIpc) is 2.46. The predicted octanol–water partition coefficient (Wildman–Crippen LogP) is 2.27. The second-order valence-corrected chi connectivity index (χ2v) is 4.33. The third-order valence-electron chi connectivity index (χ3n) is 2.97. The minimum absolute atomic E-state index is 0.0514. The van der Waals surface area contributed by atoms with Crippen molar-refractivity contribution in [3.8, 4) is 5.75 Å². The van der Waals surface area contributed by atoms with Gasteiger partial charge < -0.3 is 15.0 Å². The van der Waals surface area contributed by atoms with Crippen molar-refractivity contribution < 1.29 is 14.5 Å². The average molecular weight is 295 g/mol. The van der Waals surface area contributed by atoms with Gasteiger partial charge in [-0.05, 0) is 20.8 Å². The lowest BCUT2D eigenvalue weighted by molar-refractivity contribution is -0.384. The molecule has 0 unspecified atom stereocenters. The summed E-state index contributed by atoms with van der Waals surface area (Å²) in [4.78, 5) is 24.0. The Bertz CT molecular complexity index is 501. The third kappa shape index (κ3) is 4.94. The van der Waals surface area contributed by atoms with Crippen LogP contribution in [0.1, 0.15) is 20.8 Å². The van der Waals surface area contributed by atoms with Crippen molar-refractivity contribution in [3.05, 3.63) is 28.3 Å². The first-order valence-corrected chi connectivity index (χ1v) is 6.95. The maximum absolute atomic E-state index is 11.9. The number of benzene rings is 1. The van der Waals surface area contributed by atoms with Gasteiger partial charge in [-0.25, -0.2) is 0 Å². The van der Waals surface area contributed by atoms with E-state index in [1.54, 1.807) is 17.9 Å². The molecule has 116 valence electrons. The molecule has 1 rings (SSSR count). The molecule has 1 aromatic carbocycles. The first-order valence-electron chi connectivity index (χ1n) is 6.95. The van der Waals surface area contributed by atoms with Gasteiger partial charge in [-0.1, -0.05) is 0 Å². The lowest BCUT2D eigenvalue weighted by Gasteiger charge is -2.19. The molecular weight excluding hydrogens is 274 g/mol. The van der Waals surface area contributed by atoms with Crippen LogP contribution in [0.5, 0.6) is 5.75 Å². The van der Waals surface area contributed by atoms with Crippen LogP contribution in [0.2, 0.25) is 0 Å². The second-order valence-electron chi connectivity index (χ2n) is 4.33. The molecule has 21 heavy (non-hydrogen) atoms. The lowest BCUT2D eigenvalue weighted by atomic mass is 10.2. The highest BCUT2D eigenvalue weighted by Gasteiger charge is 2.13. The fraction of sp³-hybridized carbons (Fsp3) is 0.500. The van der Waals surface area contributed by atoms with E-state index in [0.717, 1.165) is 0 Å². The summed E-state index contributed by atoms with van der Waals surface area (Å²) in [6.45, 7) is 7.39. The number of carbonyl (C=O) groups excluding carboxylic acids is 1. The van der Waals surface area contributed by atoms with Crippen LogP contribution < -0.4 is 10.1 Å². The summed E-state index contributed by atoms with van der Waals surface area (Å²) in [5, 5.41) is 13.8. The van der Waals surface area contributed by atoms with E-state index in [1.165, 1.54) is 12.1 Å². The monoisotopic (exact) mass is 295 g/mol. The number of nitrogens with zero attached hydrogens (tertiary/aromatic N) is 2. The molecular formula is C14H21N3O4. The van der Waals surface area contributed by atoms with Crippen LogP contribution in [0.4, 0.5) is 11.4 Å². The van der Waals surface area contributed by atoms with Crippen LogP contribution in [-0.4, -0.2) is 42.0 Å². The quantitative estimate of drug-likeness (QED) is 0.587. The highest BCUT2D eigenvalue weighted by Crippen LogP contribution is 2.26. The standard InChI is InChI=1S/C14H21N3O4/c1-4-16(5-2)14(18)10-15-11-7-12(17(19)20)9-13(8-11)21-6-3/h7-9,15H,4-6,10H2,1-3H3. The molecule has 0 aliphatic rings. The van der Waals surface area contributed by atoms with Gasteiger partial charge in [0.15, 0.2) is 0 Å². The molecule has 0 aromatic heterocycles. The Kier molecular flexibility index (Phi) is 6.45. The summed E-state index contributed by atoms with van der Waals surface area (Å²) >= 11 is 0. The van der Waals surface area contributed by atoms with Crippen molar-refractivity contribution in [1.29, 1.82) is 0 Å². The first-order chi connectivity index (χ1) is 10.0. The SMILES string of the molecule is CCOc1cc(NCC(=O)N(CC)CC)cc([N+](=O)[O-])c1. The number of rotatable bonds is 8. The fourth-order valence-corrected chi connectivity index (χ4v) is 1.91. The zero-order valence-corrected chi connectivity index (χ0v) is 12.6. The number of hydrogen-bond donors (Lipinski definition) is 1. The van der Waals surface area contributed by atoms with Crippen molar-refractivity contribution in [2.75, 3.05) is 31.6 Å². The number of nitro groups is 1. The molecule has 0 fully saturated rings. The molecule has 7 heteroatoms. The molecule has 0 aliphatic heterocycles. The minimum Gasteiger partial charge on any atom is -0.494 e. The summed E-state index contributed by atoms with van der Waals surface area (Å²) < 4.78 is 5.29. The Hall–Kier alpha value is -2.31. The number of amides is 1. The number of non-ortho nitro benzene ring substituents is 1. The Morgan fingerprint density at radius 1 is 1.29 bits per heavy atom. The maximum Gasteiger partial charge on any atom is 0.275 e. The molecule has 0 aliphatic carbocycles. The Morgan fingerprint density at radius 2 is 1.95 bits per heavy atom. The number of nitro benzene ring substituents is 1. The van der Waals surface area contributed by atoms with Crippen molar-refractivity contribution in [1.82, 2.24) is 4.90 Å². The molecule has 0 atom stereocenters. The van der Waals surface area contributed by atoms with Crippen LogP contribution in [0.15, 0.2) is 18.2 Å². The maximum atomic E-state index is 11.9. The van der Waals surface area contributed by atoms with Crippen LogP contribution in [0, 0.1) is 10.1 Å². The molecule has 1 amide bonds. The fourth-order valence-electron chi connectivity index (χ4n) is 1.91. The van der Waals surface area contributed by atoms with E-state index in [4.69, 9.17) is 4.74 Å². The van der Waals surface area contributed by atoms with Gasteiger partial charge in [0.2, 0.25) is 5.91 Å².